The minimum absolute atomic E-state index is 0.0175. The van der Waals surface area contributed by atoms with E-state index in [-0.39, 0.29) is 11.8 Å². The van der Waals surface area contributed by atoms with Gasteiger partial charge in [0.05, 0.1) is 10.0 Å². The summed E-state index contributed by atoms with van der Waals surface area (Å²) in [6, 6.07) is 11.9. The maximum absolute atomic E-state index is 12.7. The molecule has 29 heavy (non-hydrogen) atoms. The molecule has 3 aromatic rings. The smallest absolute Gasteiger partial charge is 0.220 e. The highest BCUT2D eigenvalue weighted by molar-refractivity contribution is 6.42. The minimum Gasteiger partial charge on any atom is -0.361 e. The molecule has 0 aliphatic heterocycles. The van der Waals surface area contributed by atoms with Crippen molar-refractivity contribution >= 4 is 40.0 Å². The molecule has 2 aromatic carbocycles. The van der Waals surface area contributed by atoms with Crippen LogP contribution in [0.4, 0.5) is 0 Å². The highest BCUT2D eigenvalue weighted by atomic mass is 35.5. The Kier molecular flexibility index (Phi) is 7.23. The highest BCUT2D eigenvalue weighted by Crippen LogP contribution is 2.36. The molecule has 0 unspecified atom stereocenters. The molecular weight excluding hydrogens is 405 g/mol. The van der Waals surface area contributed by atoms with Gasteiger partial charge in [-0.25, -0.2) is 0 Å². The Bertz CT molecular complexity index is 997. The van der Waals surface area contributed by atoms with E-state index in [1.165, 1.54) is 5.56 Å². The molecule has 154 valence electrons. The van der Waals surface area contributed by atoms with Crippen molar-refractivity contribution in [2.45, 2.75) is 25.7 Å². The average Bonchev–Trinajstić information content (AvgIpc) is 3.12. The summed E-state index contributed by atoms with van der Waals surface area (Å²) in [6.45, 7) is 3.56. The lowest BCUT2D eigenvalue weighted by molar-refractivity contribution is -0.121. The van der Waals surface area contributed by atoms with Crippen LogP contribution >= 0.6 is 23.2 Å². The molecule has 1 heterocycles. The number of halogens is 2. The number of rotatable bonds is 8. The van der Waals surface area contributed by atoms with E-state index in [4.69, 9.17) is 23.2 Å². The Morgan fingerprint density at radius 3 is 2.66 bits per heavy atom. The largest absolute Gasteiger partial charge is 0.361 e. The van der Waals surface area contributed by atoms with E-state index in [0.29, 0.717) is 23.0 Å². The Morgan fingerprint density at radius 2 is 1.97 bits per heavy atom. The molecule has 6 heteroatoms. The van der Waals surface area contributed by atoms with Crippen LogP contribution in [0.3, 0.4) is 0 Å². The molecule has 0 radical (unpaired) electrons. The number of hydrogen-bond donors (Lipinski definition) is 2. The molecule has 0 aliphatic carbocycles. The average molecular weight is 432 g/mol. The SMILES string of the molecule is CCc1cccc2c([C@@H](CC(=O)NCCN(C)C)c3ccc(Cl)c(Cl)c3)c[nH]c12. The molecule has 0 bridgehead atoms. The number of benzene rings is 2. The molecule has 2 N–H and O–H groups in total. The zero-order valence-electron chi connectivity index (χ0n) is 17.1. The summed E-state index contributed by atoms with van der Waals surface area (Å²) < 4.78 is 0. The maximum atomic E-state index is 12.7. The van der Waals surface area contributed by atoms with Crippen molar-refractivity contribution in [1.82, 2.24) is 15.2 Å². The van der Waals surface area contributed by atoms with E-state index in [0.717, 1.165) is 35.0 Å². The van der Waals surface area contributed by atoms with Gasteiger partial charge in [0.25, 0.3) is 0 Å². The number of H-pyrrole nitrogens is 1. The van der Waals surface area contributed by atoms with Gasteiger partial charge < -0.3 is 15.2 Å². The molecule has 1 aromatic heterocycles. The number of carbonyl (C=O) groups is 1. The van der Waals surface area contributed by atoms with Gasteiger partial charge in [0, 0.05) is 42.5 Å². The third-order valence-electron chi connectivity index (χ3n) is 5.21. The van der Waals surface area contributed by atoms with Crippen LogP contribution < -0.4 is 5.32 Å². The van der Waals surface area contributed by atoms with Crippen molar-refractivity contribution in [2.75, 3.05) is 27.2 Å². The Morgan fingerprint density at radius 1 is 1.17 bits per heavy atom. The van der Waals surface area contributed by atoms with Crippen LogP contribution in [0, 0.1) is 0 Å². The molecule has 1 amide bonds. The van der Waals surface area contributed by atoms with Crippen LogP contribution in [0.15, 0.2) is 42.6 Å². The molecule has 0 aliphatic rings. The van der Waals surface area contributed by atoms with Gasteiger partial charge in [-0.05, 0) is 49.3 Å². The van der Waals surface area contributed by atoms with Gasteiger partial charge in [0.15, 0.2) is 0 Å². The number of hydrogen-bond acceptors (Lipinski definition) is 2. The number of carbonyl (C=O) groups excluding carboxylic acids is 1. The lowest BCUT2D eigenvalue weighted by Crippen LogP contribution is -2.32. The molecule has 0 saturated heterocycles. The first-order valence-electron chi connectivity index (χ1n) is 9.86. The summed E-state index contributed by atoms with van der Waals surface area (Å²) >= 11 is 12.4. The molecule has 1 atom stereocenters. The van der Waals surface area contributed by atoms with Gasteiger partial charge in [-0.15, -0.1) is 0 Å². The van der Waals surface area contributed by atoms with Crippen molar-refractivity contribution in [1.29, 1.82) is 0 Å². The van der Waals surface area contributed by atoms with Gasteiger partial charge in [0.1, 0.15) is 0 Å². The van der Waals surface area contributed by atoms with Crippen molar-refractivity contribution in [3.63, 3.8) is 0 Å². The second kappa shape index (κ2) is 9.66. The summed E-state index contributed by atoms with van der Waals surface area (Å²) in [4.78, 5) is 18.2. The first kappa shape index (κ1) is 21.7. The zero-order valence-corrected chi connectivity index (χ0v) is 18.6. The van der Waals surface area contributed by atoms with E-state index >= 15 is 0 Å². The number of fused-ring (bicyclic) bond motifs is 1. The predicted molar refractivity (Wildman–Crippen MR) is 122 cm³/mol. The molecule has 0 spiro atoms. The fraction of sp³-hybridized carbons (Fsp3) is 0.348. The second-order valence-electron chi connectivity index (χ2n) is 7.52. The number of aromatic amines is 1. The van der Waals surface area contributed by atoms with Crippen LogP contribution in [-0.4, -0.2) is 43.0 Å². The van der Waals surface area contributed by atoms with Crippen molar-refractivity contribution < 1.29 is 4.79 Å². The zero-order chi connectivity index (χ0) is 21.0. The Balaban J connectivity index is 1.97. The number of nitrogens with one attached hydrogen (secondary N) is 2. The highest BCUT2D eigenvalue weighted by Gasteiger charge is 2.22. The van der Waals surface area contributed by atoms with E-state index < -0.39 is 0 Å². The van der Waals surface area contributed by atoms with E-state index in [1.807, 2.05) is 37.3 Å². The monoisotopic (exact) mass is 431 g/mol. The molecular formula is C23H27Cl2N3O. The fourth-order valence-electron chi connectivity index (χ4n) is 3.63. The van der Waals surface area contributed by atoms with Crippen molar-refractivity contribution in [3.05, 3.63) is 69.3 Å². The molecule has 4 nitrogen and oxygen atoms in total. The second-order valence-corrected chi connectivity index (χ2v) is 8.34. The number of aromatic nitrogens is 1. The Labute approximate surface area is 182 Å². The van der Waals surface area contributed by atoms with E-state index in [1.54, 1.807) is 6.07 Å². The standard InChI is InChI=1S/C23H27Cl2N3O/c1-4-15-6-5-7-17-19(14-27-23(15)17)18(13-22(29)26-10-11-28(2)3)16-8-9-20(24)21(25)12-16/h5-9,12,14,18,27H,4,10-11,13H2,1-3H3,(H,26,29)/t18-/m0/s1. The van der Waals surface area contributed by atoms with Crippen LogP contribution in [0.2, 0.25) is 10.0 Å². The lowest BCUT2D eigenvalue weighted by atomic mass is 9.87. The third-order valence-corrected chi connectivity index (χ3v) is 5.95. The lowest BCUT2D eigenvalue weighted by Gasteiger charge is -2.18. The van der Waals surface area contributed by atoms with Crippen LogP contribution in [-0.2, 0) is 11.2 Å². The van der Waals surface area contributed by atoms with E-state index in [9.17, 15) is 4.79 Å². The fourth-order valence-corrected chi connectivity index (χ4v) is 3.94. The van der Waals surface area contributed by atoms with Gasteiger partial charge in [0.2, 0.25) is 5.91 Å². The Hall–Kier alpha value is -2.01. The number of para-hydroxylation sites is 1. The maximum Gasteiger partial charge on any atom is 0.220 e. The first-order valence-corrected chi connectivity index (χ1v) is 10.6. The van der Waals surface area contributed by atoms with Gasteiger partial charge >= 0.3 is 0 Å². The van der Waals surface area contributed by atoms with E-state index in [2.05, 4.69) is 35.4 Å². The summed E-state index contributed by atoms with van der Waals surface area (Å²) in [7, 11) is 3.98. The van der Waals surface area contributed by atoms with Crippen LogP contribution in [0.1, 0.15) is 36.0 Å². The van der Waals surface area contributed by atoms with Gasteiger partial charge in [-0.3, -0.25) is 4.79 Å². The number of amides is 1. The summed E-state index contributed by atoms with van der Waals surface area (Å²) in [5, 5.41) is 5.17. The normalized spacial score (nSPS) is 12.5. The number of likely N-dealkylation sites (N-methyl/N-ethyl adjacent to an activating group) is 1. The topological polar surface area (TPSA) is 48.1 Å². The quantitative estimate of drug-likeness (QED) is 0.512. The van der Waals surface area contributed by atoms with Gasteiger partial charge in [-0.2, -0.15) is 0 Å². The van der Waals surface area contributed by atoms with Gasteiger partial charge in [-0.1, -0.05) is 54.4 Å². The molecule has 0 fully saturated rings. The molecule has 0 saturated carbocycles. The first-order chi connectivity index (χ1) is 13.9. The number of aryl methyl sites for hydroxylation is 1. The summed E-state index contributed by atoms with van der Waals surface area (Å²) in [5.74, 6) is -0.103. The minimum atomic E-state index is -0.120. The summed E-state index contributed by atoms with van der Waals surface area (Å²) in [6.07, 6.45) is 3.30. The van der Waals surface area contributed by atoms with Crippen molar-refractivity contribution in [2.24, 2.45) is 0 Å². The van der Waals surface area contributed by atoms with Crippen LogP contribution in [0.5, 0.6) is 0 Å². The third kappa shape index (κ3) is 5.13. The molecule has 3 rings (SSSR count). The summed E-state index contributed by atoms with van der Waals surface area (Å²) in [5.41, 5.74) is 4.46. The van der Waals surface area contributed by atoms with Crippen molar-refractivity contribution in [3.8, 4) is 0 Å². The predicted octanol–water partition coefficient (Wildman–Crippen LogP) is 5.24. The van der Waals surface area contributed by atoms with Crippen LogP contribution in [0.25, 0.3) is 10.9 Å². The number of nitrogens with zero attached hydrogens (tertiary/aromatic N) is 1.